The Labute approximate surface area is 209 Å². The highest BCUT2D eigenvalue weighted by Crippen LogP contribution is 2.38. The summed E-state index contributed by atoms with van der Waals surface area (Å²) < 4.78 is 0. The Bertz CT molecular complexity index is 1150. The topological polar surface area (TPSA) is 46.9 Å². The number of rotatable bonds is 9. The summed E-state index contributed by atoms with van der Waals surface area (Å²) in [5.41, 5.74) is 8.66. The van der Waals surface area contributed by atoms with Gasteiger partial charge in [0.25, 0.3) is 0 Å². The van der Waals surface area contributed by atoms with Crippen molar-refractivity contribution in [2.24, 2.45) is 0 Å². The van der Waals surface area contributed by atoms with Crippen molar-refractivity contribution in [3.63, 3.8) is 0 Å². The number of hydrogen-bond acceptors (Lipinski definition) is 4. The Morgan fingerprint density at radius 2 is 1.51 bits per heavy atom. The zero-order chi connectivity index (χ0) is 24.0. The summed E-state index contributed by atoms with van der Waals surface area (Å²) >= 11 is 0. The SMILES string of the molecule is OCCC/C(=C(\c1ccc(O)cc1)c1ccc2c(c1)CCN2CCN1CCCC1)c1ccccc1. The molecule has 0 aliphatic carbocycles. The smallest absolute Gasteiger partial charge is 0.115 e. The molecule has 3 aromatic rings. The molecule has 0 bridgehead atoms. The van der Waals surface area contributed by atoms with Crippen LogP contribution in [0.5, 0.6) is 5.75 Å². The summed E-state index contributed by atoms with van der Waals surface area (Å²) in [7, 11) is 0. The van der Waals surface area contributed by atoms with Crippen LogP contribution in [0.2, 0.25) is 0 Å². The molecule has 2 heterocycles. The van der Waals surface area contributed by atoms with Crippen molar-refractivity contribution in [2.45, 2.75) is 32.1 Å². The molecule has 1 fully saturated rings. The maximum Gasteiger partial charge on any atom is 0.115 e. The maximum atomic E-state index is 9.93. The van der Waals surface area contributed by atoms with Crippen molar-refractivity contribution in [3.05, 3.63) is 95.1 Å². The molecule has 3 aromatic carbocycles. The van der Waals surface area contributed by atoms with Crippen molar-refractivity contribution < 1.29 is 10.2 Å². The monoisotopic (exact) mass is 468 g/mol. The second kappa shape index (κ2) is 11.1. The van der Waals surface area contributed by atoms with E-state index in [9.17, 15) is 10.2 Å². The fourth-order valence-corrected chi connectivity index (χ4v) is 5.58. The summed E-state index contributed by atoms with van der Waals surface area (Å²) in [5.74, 6) is 0.271. The van der Waals surface area contributed by atoms with E-state index >= 15 is 0 Å². The maximum absolute atomic E-state index is 9.93. The first-order chi connectivity index (χ1) is 17.2. The molecule has 2 N–H and O–H groups in total. The molecule has 0 spiro atoms. The van der Waals surface area contributed by atoms with Gasteiger partial charge >= 0.3 is 0 Å². The van der Waals surface area contributed by atoms with Gasteiger partial charge < -0.3 is 20.0 Å². The van der Waals surface area contributed by atoms with Crippen molar-refractivity contribution in [2.75, 3.05) is 44.2 Å². The van der Waals surface area contributed by atoms with Gasteiger partial charge in [-0.15, -0.1) is 0 Å². The molecule has 2 aliphatic rings. The summed E-state index contributed by atoms with van der Waals surface area (Å²) in [4.78, 5) is 5.14. The second-order valence-electron chi connectivity index (χ2n) is 9.72. The van der Waals surface area contributed by atoms with Gasteiger partial charge in [0, 0.05) is 31.9 Å². The van der Waals surface area contributed by atoms with E-state index in [-0.39, 0.29) is 12.4 Å². The number of phenols is 1. The minimum atomic E-state index is 0.162. The van der Waals surface area contributed by atoms with Crippen molar-refractivity contribution in [1.82, 2.24) is 4.90 Å². The van der Waals surface area contributed by atoms with Crippen LogP contribution in [-0.4, -0.2) is 54.4 Å². The molecule has 0 atom stereocenters. The fourth-order valence-electron chi connectivity index (χ4n) is 5.58. The van der Waals surface area contributed by atoms with E-state index in [0.717, 1.165) is 38.0 Å². The van der Waals surface area contributed by atoms with E-state index in [0.29, 0.717) is 6.42 Å². The van der Waals surface area contributed by atoms with Gasteiger partial charge in [-0.25, -0.2) is 0 Å². The molecule has 0 aromatic heterocycles. The van der Waals surface area contributed by atoms with Crippen LogP contribution >= 0.6 is 0 Å². The molecule has 2 aliphatic heterocycles. The highest BCUT2D eigenvalue weighted by molar-refractivity contribution is 5.99. The van der Waals surface area contributed by atoms with Gasteiger partial charge in [0.2, 0.25) is 0 Å². The summed E-state index contributed by atoms with van der Waals surface area (Å²) in [6.45, 7) is 5.99. The molecule has 0 saturated carbocycles. The molecule has 182 valence electrons. The van der Waals surface area contributed by atoms with Gasteiger partial charge in [-0.05, 0) is 103 Å². The average Bonchev–Trinajstić information content (AvgIpc) is 3.56. The van der Waals surface area contributed by atoms with Gasteiger partial charge in [-0.3, -0.25) is 0 Å². The van der Waals surface area contributed by atoms with Crippen LogP contribution < -0.4 is 4.90 Å². The normalized spacial score (nSPS) is 16.4. The number of allylic oxidation sites excluding steroid dienone is 1. The Morgan fingerprint density at radius 3 is 2.26 bits per heavy atom. The van der Waals surface area contributed by atoms with E-state index in [2.05, 4.69) is 52.3 Å². The third-order valence-electron chi connectivity index (χ3n) is 7.41. The molecule has 5 rings (SSSR count). The largest absolute Gasteiger partial charge is 0.508 e. The number of aliphatic hydroxyl groups excluding tert-OH is 1. The number of likely N-dealkylation sites (tertiary alicyclic amines) is 1. The Balaban J connectivity index is 1.53. The molecule has 0 radical (unpaired) electrons. The van der Waals surface area contributed by atoms with Crippen LogP contribution in [0.3, 0.4) is 0 Å². The first kappa shape index (κ1) is 23.7. The fraction of sp³-hybridized carbons (Fsp3) is 0.355. The highest BCUT2D eigenvalue weighted by Gasteiger charge is 2.22. The zero-order valence-corrected chi connectivity index (χ0v) is 20.5. The Hall–Kier alpha value is -3.08. The van der Waals surface area contributed by atoms with Gasteiger partial charge in [0.15, 0.2) is 0 Å². The first-order valence-electron chi connectivity index (χ1n) is 13.0. The predicted octanol–water partition coefficient (Wildman–Crippen LogP) is 5.58. The van der Waals surface area contributed by atoms with Crippen LogP contribution in [0.1, 0.15) is 47.9 Å². The number of aliphatic hydroxyl groups is 1. The molecular weight excluding hydrogens is 432 g/mol. The van der Waals surface area contributed by atoms with Crippen molar-refractivity contribution in [3.8, 4) is 5.75 Å². The zero-order valence-electron chi connectivity index (χ0n) is 20.5. The number of benzene rings is 3. The molecule has 0 amide bonds. The molecule has 0 unspecified atom stereocenters. The quantitative estimate of drug-likeness (QED) is 0.403. The van der Waals surface area contributed by atoms with Crippen LogP contribution in [0.25, 0.3) is 11.1 Å². The van der Waals surface area contributed by atoms with E-state index in [1.807, 2.05) is 18.2 Å². The van der Waals surface area contributed by atoms with Gasteiger partial charge in [-0.2, -0.15) is 0 Å². The van der Waals surface area contributed by atoms with Crippen LogP contribution in [0.4, 0.5) is 5.69 Å². The summed E-state index contributed by atoms with van der Waals surface area (Å²) in [6, 6.07) is 25.0. The molecule has 4 nitrogen and oxygen atoms in total. The van der Waals surface area contributed by atoms with E-state index in [1.165, 1.54) is 59.5 Å². The minimum absolute atomic E-state index is 0.162. The number of anilines is 1. The molecule has 1 saturated heterocycles. The van der Waals surface area contributed by atoms with E-state index < -0.39 is 0 Å². The lowest BCUT2D eigenvalue weighted by atomic mass is 9.86. The third-order valence-corrected chi connectivity index (χ3v) is 7.41. The number of hydrogen-bond donors (Lipinski definition) is 2. The van der Waals surface area contributed by atoms with Crippen LogP contribution in [-0.2, 0) is 6.42 Å². The van der Waals surface area contributed by atoms with Crippen LogP contribution in [0, 0.1) is 0 Å². The number of nitrogens with zero attached hydrogens (tertiary/aromatic N) is 2. The van der Waals surface area contributed by atoms with Gasteiger partial charge in [0.05, 0.1) is 0 Å². The average molecular weight is 469 g/mol. The molecule has 4 heteroatoms. The van der Waals surface area contributed by atoms with E-state index in [4.69, 9.17) is 0 Å². The summed E-state index contributed by atoms with van der Waals surface area (Å²) in [5, 5.41) is 19.6. The Morgan fingerprint density at radius 1 is 0.771 bits per heavy atom. The first-order valence-corrected chi connectivity index (χ1v) is 13.0. The third kappa shape index (κ3) is 5.44. The van der Waals surface area contributed by atoms with Gasteiger partial charge in [-0.1, -0.05) is 48.5 Å². The lowest BCUT2D eigenvalue weighted by molar-refractivity contribution is 0.290. The lowest BCUT2D eigenvalue weighted by Crippen LogP contribution is -2.32. The van der Waals surface area contributed by atoms with Crippen LogP contribution in [0.15, 0.2) is 72.8 Å². The molecular formula is C31H36N2O2. The van der Waals surface area contributed by atoms with E-state index in [1.54, 1.807) is 12.1 Å². The lowest BCUT2D eigenvalue weighted by Gasteiger charge is -2.24. The highest BCUT2D eigenvalue weighted by atomic mass is 16.3. The minimum Gasteiger partial charge on any atom is -0.508 e. The summed E-state index contributed by atoms with van der Waals surface area (Å²) in [6.07, 6.45) is 5.25. The van der Waals surface area contributed by atoms with Crippen molar-refractivity contribution in [1.29, 1.82) is 0 Å². The number of aromatic hydroxyl groups is 1. The molecule has 35 heavy (non-hydrogen) atoms. The van der Waals surface area contributed by atoms with Gasteiger partial charge in [0.1, 0.15) is 5.75 Å². The second-order valence-corrected chi connectivity index (χ2v) is 9.72. The number of phenolic OH excluding ortho intramolecular Hbond substituents is 1. The number of fused-ring (bicyclic) bond motifs is 1. The van der Waals surface area contributed by atoms with Crippen molar-refractivity contribution >= 4 is 16.8 Å². The Kier molecular flexibility index (Phi) is 7.51. The standard InChI is InChI=1S/C31H36N2O2/c34-22-6-9-29(24-7-2-1-3-8-24)31(25-10-13-28(35)14-11-25)27-12-15-30-26(23-27)16-19-33(30)21-20-32-17-4-5-18-32/h1-3,7-8,10-15,23,34-35H,4-6,9,16-22H2/b31-29-. The predicted molar refractivity (Wildman–Crippen MR) is 145 cm³/mol.